The molecule has 2 aromatic rings. The van der Waals surface area contributed by atoms with Crippen molar-refractivity contribution < 1.29 is 22.4 Å². The number of hydrogen-bond donors (Lipinski definition) is 2. The molecule has 35 heavy (non-hydrogen) atoms. The average Bonchev–Trinajstić information content (AvgIpc) is 3.63. The second-order valence-electron chi connectivity index (χ2n) is 10.3. The van der Waals surface area contributed by atoms with Crippen LogP contribution in [-0.4, -0.2) is 44.3 Å². The number of nitrogens with zero attached hydrogens (tertiary/aromatic N) is 1. The topological polar surface area (TPSA) is 109 Å². The predicted molar refractivity (Wildman–Crippen MR) is 131 cm³/mol. The summed E-state index contributed by atoms with van der Waals surface area (Å²) in [6.07, 6.45) is 8.92. The molecular formula is C26H33N3O5S. The molecule has 3 aliphatic rings. The number of carbonyl (C=O) groups excluding carboxylic acids is 2. The summed E-state index contributed by atoms with van der Waals surface area (Å²) in [5, 5.41) is 2.89. The zero-order valence-corrected chi connectivity index (χ0v) is 20.8. The summed E-state index contributed by atoms with van der Waals surface area (Å²) >= 11 is 0. The highest BCUT2D eigenvalue weighted by Gasteiger charge is 2.42. The molecule has 1 aliphatic heterocycles. The molecule has 0 radical (unpaired) electrons. The van der Waals surface area contributed by atoms with Crippen molar-refractivity contribution in [1.82, 2.24) is 9.62 Å². The fourth-order valence-electron chi connectivity index (χ4n) is 6.18. The first-order valence-corrected chi connectivity index (χ1v) is 14.0. The van der Waals surface area contributed by atoms with Crippen molar-refractivity contribution in [2.24, 2.45) is 23.7 Å². The summed E-state index contributed by atoms with van der Waals surface area (Å²) in [5.74, 6) is 1.44. The maximum absolute atomic E-state index is 12.9. The standard InChI is InChI=1S/C26H33N3O5S/c1-17(24-15-18-2-3-20(24)14-18)28-35(32,33)23-6-4-22(5-7-23)27-25(30)19-8-11-29(12-9-19)26(31)21-10-13-34-16-21/h4-7,10,13,16-20,24,28H,2-3,8-9,11-12,14-15H2,1H3,(H,27,30)/t17-,18+,20+,24-/m1/s1. The Kier molecular flexibility index (Phi) is 6.72. The van der Waals surface area contributed by atoms with Gasteiger partial charge in [-0.2, -0.15) is 0 Å². The van der Waals surface area contributed by atoms with Gasteiger partial charge in [0, 0.05) is 30.7 Å². The van der Waals surface area contributed by atoms with Crippen LogP contribution in [0.1, 0.15) is 55.8 Å². The van der Waals surface area contributed by atoms with Crippen LogP contribution in [-0.2, 0) is 14.8 Å². The SMILES string of the molecule is C[C@@H](NS(=O)(=O)c1ccc(NC(=O)C2CCN(C(=O)c3ccoc3)CC2)cc1)[C@H]1C[C@H]2CC[C@H]1C2. The lowest BCUT2D eigenvalue weighted by Gasteiger charge is -2.31. The lowest BCUT2D eigenvalue weighted by atomic mass is 9.84. The van der Waals surface area contributed by atoms with E-state index in [1.54, 1.807) is 23.1 Å². The number of benzene rings is 1. The van der Waals surface area contributed by atoms with Gasteiger partial charge in [-0.1, -0.05) is 6.42 Å². The second kappa shape index (κ2) is 9.78. The van der Waals surface area contributed by atoms with Crippen molar-refractivity contribution in [2.75, 3.05) is 18.4 Å². The molecule has 5 rings (SSSR count). The molecule has 1 aromatic carbocycles. The minimum absolute atomic E-state index is 0.0825. The molecule has 2 bridgehead atoms. The fraction of sp³-hybridized carbons (Fsp3) is 0.538. The number of amides is 2. The summed E-state index contributed by atoms with van der Waals surface area (Å²) in [4.78, 5) is 27.1. The lowest BCUT2D eigenvalue weighted by molar-refractivity contribution is -0.121. The van der Waals surface area contributed by atoms with Crippen molar-refractivity contribution in [3.63, 3.8) is 0 Å². The number of anilines is 1. The van der Waals surface area contributed by atoms with E-state index in [4.69, 9.17) is 4.42 Å². The molecule has 1 saturated heterocycles. The molecule has 0 spiro atoms. The van der Waals surface area contributed by atoms with Gasteiger partial charge >= 0.3 is 0 Å². The number of furan rings is 1. The van der Waals surface area contributed by atoms with Crippen LogP contribution in [0, 0.1) is 23.7 Å². The minimum atomic E-state index is -3.62. The van der Waals surface area contributed by atoms with E-state index in [1.807, 2.05) is 6.92 Å². The molecule has 2 saturated carbocycles. The van der Waals surface area contributed by atoms with Gasteiger partial charge in [-0.3, -0.25) is 9.59 Å². The Morgan fingerprint density at radius 2 is 1.77 bits per heavy atom. The Morgan fingerprint density at radius 1 is 1.03 bits per heavy atom. The molecule has 2 aliphatic carbocycles. The van der Waals surface area contributed by atoms with E-state index in [1.165, 1.54) is 43.9 Å². The van der Waals surface area contributed by atoms with Crippen molar-refractivity contribution in [2.45, 2.75) is 56.4 Å². The molecule has 2 heterocycles. The van der Waals surface area contributed by atoms with Gasteiger partial charge in [-0.15, -0.1) is 0 Å². The number of carbonyl (C=O) groups is 2. The van der Waals surface area contributed by atoms with Crippen molar-refractivity contribution in [3.05, 3.63) is 48.4 Å². The quantitative estimate of drug-likeness (QED) is 0.601. The predicted octanol–water partition coefficient (Wildman–Crippen LogP) is 3.87. The highest BCUT2D eigenvalue weighted by Crippen LogP contribution is 2.49. The van der Waals surface area contributed by atoms with Crippen LogP contribution >= 0.6 is 0 Å². The fourth-order valence-corrected chi connectivity index (χ4v) is 7.48. The third-order valence-corrected chi connectivity index (χ3v) is 9.70. The summed E-state index contributed by atoms with van der Waals surface area (Å²) in [7, 11) is -3.62. The third-order valence-electron chi connectivity index (χ3n) is 8.13. The lowest BCUT2D eigenvalue weighted by Crippen LogP contribution is -2.41. The van der Waals surface area contributed by atoms with Crippen LogP contribution in [0.5, 0.6) is 0 Å². The van der Waals surface area contributed by atoms with E-state index in [0.29, 0.717) is 49.0 Å². The van der Waals surface area contributed by atoms with Crippen LogP contribution < -0.4 is 10.0 Å². The van der Waals surface area contributed by atoms with Crippen LogP contribution in [0.4, 0.5) is 5.69 Å². The summed E-state index contributed by atoms with van der Waals surface area (Å²) < 4.78 is 33.7. The van der Waals surface area contributed by atoms with Crippen molar-refractivity contribution in [3.8, 4) is 0 Å². The Hall–Kier alpha value is -2.65. The molecule has 0 unspecified atom stereocenters. The molecule has 188 valence electrons. The Bertz CT molecular complexity index is 1150. The van der Waals surface area contributed by atoms with Gasteiger partial charge < -0.3 is 14.6 Å². The normalized spacial score (nSPS) is 25.5. The van der Waals surface area contributed by atoms with Gasteiger partial charge in [0.05, 0.1) is 16.7 Å². The van der Waals surface area contributed by atoms with E-state index in [-0.39, 0.29) is 28.7 Å². The Morgan fingerprint density at radius 3 is 2.37 bits per heavy atom. The van der Waals surface area contributed by atoms with Crippen LogP contribution in [0.15, 0.2) is 52.2 Å². The molecule has 3 fully saturated rings. The molecule has 9 heteroatoms. The smallest absolute Gasteiger partial charge is 0.257 e. The highest BCUT2D eigenvalue weighted by molar-refractivity contribution is 7.89. The van der Waals surface area contributed by atoms with Gasteiger partial charge in [0.1, 0.15) is 6.26 Å². The monoisotopic (exact) mass is 499 g/mol. The van der Waals surface area contributed by atoms with E-state index in [2.05, 4.69) is 10.0 Å². The summed E-state index contributed by atoms with van der Waals surface area (Å²) in [6.45, 7) is 2.99. The molecule has 1 aromatic heterocycles. The van der Waals surface area contributed by atoms with Crippen molar-refractivity contribution in [1.29, 1.82) is 0 Å². The number of likely N-dealkylation sites (tertiary alicyclic amines) is 1. The first-order valence-electron chi connectivity index (χ1n) is 12.5. The van der Waals surface area contributed by atoms with Gasteiger partial charge in [-0.05, 0) is 87.1 Å². The van der Waals surface area contributed by atoms with Crippen LogP contribution in [0.2, 0.25) is 0 Å². The van der Waals surface area contributed by atoms with Gasteiger partial charge in [0.2, 0.25) is 15.9 Å². The first kappa shape index (κ1) is 24.1. The molecule has 8 nitrogen and oxygen atoms in total. The molecule has 2 amide bonds. The van der Waals surface area contributed by atoms with Crippen LogP contribution in [0.25, 0.3) is 0 Å². The number of sulfonamides is 1. The molecule has 2 N–H and O–H groups in total. The zero-order chi connectivity index (χ0) is 24.6. The van der Waals surface area contributed by atoms with Gasteiger partial charge in [0.25, 0.3) is 5.91 Å². The van der Waals surface area contributed by atoms with Gasteiger partial charge in [0.15, 0.2) is 0 Å². The van der Waals surface area contributed by atoms with Crippen molar-refractivity contribution >= 4 is 27.5 Å². The summed E-state index contributed by atoms with van der Waals surface area (Å²) in [5.41, 5.74) is 1.08. The number of rotatable bonds is 7. The molecular weight excluding hydrogens is 466 g/mol. The largest absolute Gasteiger partial charge is 0.472 e. The first-order chi connectivity index (χ1) is 16.8. The number of nitrogens with one attached hydrogen (secondary N) is 2. The number of fused-ring (bicyclic) bond motifs is 2. The van der Waals surface area contributed by atoms with E-state index < -0.39 is 10.0 Å². The molecule has 4 atom stereocenters. The average molecular weight is 500 g/mol. The van der Waals surface area contributed by atoms with E-state index >= 15 is 0 Å². The Labute approximate surface area is 206 Å². The van der Waals surface area contributed by atoms with E-state index in [9.17, 15) is 18.0 Å². The third kappa shape index (κ3) is 5.16. The van der Waals surface area contributed by atoms with Gasteiger partial charge in [-0.25, -0.2) is 13.1 Å². The zero-order valence-electron chi connectivity index (χ0n) is 20.0. The van der Waals surface area contributed by atoms with E-state index in [0.717, 1.165) is 12.3 Å². The number of piperidine rings is 1. The maximum Gasteiger partial charge on any atom is 0.257 e. The Balaban J connectivity index is 1.13. The maximum atomic E-state index is 12.9. The summed E-state index contributed by atoms with van der Waals surface area (Å²) in [6, 6.07) is 7.90. The van der Waals surface area contributed by atoms with Crippen LogP contribution in [0.3, 0.4) is 0 Å². The highest BCUT2D eigenvalue weighted by atomic mass is 32.2. The second-order valence-corrected chi connectivity index (χ2v) is 12.1. The number of hydrogen-bond acceptors (Lipinski definition) is 5. The minimum Gasteiger partial charge on any atom is -0.472 e.